The van der Waals surface area contributed by atoms with Gasteiger partial charge in [-0.15, -0.1) is 0 Å². The van der Waals surface area contributed by atoms with Crippen molar-refractivity contribution in [3.05, 3.63) is 0 Å². The Kier molecular flexibility index (Phi) is 3.78. The van der Waals surface area contributed by atoms with Gasteiger partial charge in [0, 0.05) is 0 Å². The van der Waals surface area contributed by atoms with Gasteiger partial charge in [-0.2, -0.15) is 0 Å². The Labute approximate surface area is 79.9 Å². The summed E-state index contributed by atoms with van der Waals surface area (Å²) < 4.78 is 4.76. The second kappa shape index (κ2) is 4.67. The molecule has 1 rings (SSSR count). The molecule has 1 saturated heterocycles. The summed E-state index contributed by atoms with van der Waals surface area (Å²) in [5.41, 5.74) is 0. The smallest absolute Gasteiger partial charge is 0.207 e. The molecule has 14 heavy (non-hydrogen) atoms. The Morgan fingerprint density at radius 1 is 1.29 bits per heavy atom. The third kappa shape index (κ3) is 2.02. The van der Waals surface area contributed by atoms with Crippen LogP contribution in [0.5, 0.6) is 0 Å². The van der Waals surface area contributed by atoms with Gasteiger partial charge in [-0.3, -0.25) is 4.79 Å². The zero-order valence-corrected chi connectivity index (χ0v) is 7.28. The number of ether oxygens (including phenoxy) is 1. The standard InChI is InChI=1S/C7H13NO6/c9-1-3-5(11)6(12)4(8-2-10)7(13)14-3/h2-7,9,11-13H,1H2,(H,8,10)/t3-,4-,5-,6+,7+/m0/s1. The molecule has 1 amide bonds. The van der Waals surface area contributed by atoms with E-state index in [1.165, 1.54) is 0 Å². The number of aliphatic hydroxyl groups is 4. The van der Waals surface area contributed by atoms with Crippen LogP contribution in [0.3, 0.4) is 0 Å². The normalized spacial score (nSPS) is 43.3. The highest BCUT2D eigenvalue weighted by Crippen LogP contribution is 2.19. The van der Waals surface area contributed by atoms with E-state index in [0.29, 0.717) is 0 Å². The maximum absolute atomic E-state index is 10.1. The topological polar surface area (TPSA) is 119 Å². The van der Waals surface area contributed by atoms with Crippen LogP contribution < -0.4 is 5.32 Å². The average molecular weight is 207 g/mol. The van der Waals surface area contributed by atoms with Crippen LogP contribution in [0.25, 0.3) is 0 Å². The van der Waals surface area contributed by atoms with Crippen LogP contribution in [0, 0.1) is 0 Å². The molecule has 1 fully saturated rings. The molecule has 0 aromatic heterocycles. The summed E-state index contributed by atoms with van der Waals surface area (Å²) in [6.07, 6.45) is -4.94. The fraction of sp³-hybridized carbons (Fsp3) is 0.857. The van der Waals surface area contributed by atoms with E-state index in [2.05, 4.69) is 5.32 Å². The fourth-order valence-corrected chi connectivity index (χ4v) is 1.36. The molecule has 0 bridgehead atoms. The van der Waals surface area contributed by atoms with E-state index in [-0.39, 0.29) is 6.41 Å². The van der Waals surface area contributed by atoms with Gasteiger partial charge < -0.3 is 30.5 Å². The second-order valence-corrected chi connectivity index (χ2v) is 3.04. The van der Waals surface area contributed by atoms with E-state index in [1.807, 2.05) is 0 Å². The molecule has 5 atom stereocenters. The van der Waals surface area contributed by atoms with Crippen LogP contribution in [-0.2, 0) is 9.53 Å². The largest absolute Gasteiger partial charge is 0.394 e. The van der Waals surface area contributed by atoms with Gasteiger partial charge in [-0.25, -0.2) is 0 Å². The van der Waals surface area contributed by atoms with E-state index in [0.717, 1.165) is 0 Å². The average Bonchev–Trinajstić information content (AvgIpc) is 2.18. The molecule has 0 radical (unpaired) electrons. The number of hydrogen-bond donors (Lipinski definition) is 5. The Morgan fingerprint density at radius 2 is 1.93 bits per heavy atom. The van der Waals surface area contributed by atoms with Crippen LogP contribution in [0.15, 0.2) is 0 Å². The van der Waals surface area contributed by atoms with Gasteiger partial charge in [0.15, 0.2) is 6.29 Å². The van der Waals surface area contributed by atoms with Crippen molar-refractivity contribution in [3.63, 3.8) is 0 Å². The predicted molar refractivity (Wildman–Crippen MR) is 43.0 cm³/mol. The number of aliphatic hydroxyl groups excluding tert-OH is 4. The van der Waals surface area contributed by atoms with Crippen molar-refractivity contribution in [2.75, 3.05) is 6.61 Å². The first-order chi connectivity index (χ1) is 6.61. The van der Waals surface area contributed by atoms with Gasteiger partial charge in [0.25, 0.3) is 0 Å². The first-order valence-corrected chi connectivity index (χ1v) is 4.12. The molecule has 0 aromatic rings. The van der Waals surface area contributed by atoms with E-state index in [1.54, 1.807) is 0 Å². The molecule has 5 N–H and O–H groups in total. The van der Waals surface area contributed by atoms with Gasteiger partial charge in [-0.1, -0.05) is 0 Å². The predicted octanol–water partition coefficient (Wildman–Crippen LogP) is -3.47. The van der Waals surface area contributed by atoms with E-state index in [9.17, 15) is 20.1 Å². The van der Waals surface area contributed by atoms with Crippen molar-refractivity contribution in [2.45, 2.75) is 30.6 Å². The summed E-state index contributed by atoms with van der Waals surface area (Å²) in [7, 11) is 0. The molecule has 7 heteroatoms. The molecular weight excluding hydrogens is 194 g/mol. The molecule has 0 aromatic carbocycles. The first kappa shape index (κ1) is 11.3. The molecule has 1 heterocycles. The molecular formula is C7H13NO6. The lowest BCUT2D eigenvalue weighted by Crippen LogP contribution is -2.63. The van der Waals surface area contributed by atoms with Crippen LogP contribution >= 0.6 is 0 Å². The number of amides is 1. The Hall–Kier alpha value is -0.730. The summed E-state index contributed by atoms with van der Waals surface area (Å²) in [5.74, 6) is 0. The molecule has 0 spiro atoms. The highest BCUT2D eigenvalue weighted by molar-refractivity contribution is 5.47. The Balaban J connectivity index is 2.68. The first-order valence-electron chi connectivity index (χ1n) is 4.12. The van der Waals surface area contributed by atoms with Gasteiger partial charge in [0.2, 0.25) is 6.41 Å². The molecule has 7 nitrogen and oxygen atoms in total. The lowest BCUT2D eigenvalue weighted by molar-refractivity contribution is -0.253. The van der Waals surface area contributed by atoms with Crippen molar-refractivity contribution in [3.8, 4) is 0 Å². The summed E-state index contributed by atoms with van der Waals surface area (Å²) in [5, 5.41) is 38.9. The molecule has 0 saturated carbocycles. The lowest BCUT2D eigenvalue weighted by Gasteiger charge is -2.39. The van der Waals surface area contributed by atoms with Crippen molar-refractivity contribution in [1.29, 1.82) is 0 Å². The molecule has 1 aliphatic heterocycles. The second-order valence-electron chi connectivity index (χ2n) is 3.04. The third-order valence-corrected chi connectivity index (χ3v) is 2.16. The summed E-state index contributed by atoms with van der Waals surface area (Å²) >= 11 is 0. The van der Waals surface area contributed by atoms with E-state index >= 15 is 0 Å². The van der Waals surface area contributed by atoms with Gasteiger partial charge in [0.05, 0.1) is 6.61 Å². The summed E-state index contributed by atoms with van der Waals surface area (Å²) in [6, 6.07) is -1.09. The third-order valence-electron chi connectivity index (χ3n) is 2.16. The quantitative estimate of drug-likeness (QED) is 0.307. The van der Waals surface area contributed by atoms with Crippen LogP contribution in [0.2, 0.25) is 0 Å². The molecule has 0 aliphatic carbocycles. The lowest BCUT2D eigenvalue weighted by atomic mass is 9.97. The SMILES string of the molecule is O=CN[C@H]1[C@@H](O)[C@@H](O)[C@H](CO)O[C@H]1O. The van der Waals surface area contributed by atoms with Crippen molar-refractivity contribution >= 4 is 6.41 Å². The highest BCUT2D eigenvalue weighted by Gasteiger charge is 2.43. The minimum atomic E-state index is -1.45. The van der Waals surface area contributed by atoms with Crippen molar-refractivity contribution in [1.82, 2.24) is 5.32 Å². The minimum Gasteiger partial charge on any atom is -0.394 e. The highest BCUT2D eigenvalue weighted by atomic mass is 16.6. The van der Waals surface area contributed by atoms with Crippen molar-refractivity contribution < 1.29 is 30.0 Å². The summed E-state index contributed by atoms with van der Waals surface area (Å²) in [6.45, 7) is -0.525. The maximum atomic E-state index is 10.1. The van der Waals surface area contributed by atoms with E-state index < -0.39 is 37.3 Å². The monoisotopic (exact) mass is 207 g/mol. The zero-order valence-electron chi connectivity index (χ0n) is 7.28. The molecule has 1 aliphatic rings. The van der Waals surface area contributed by atoms with Gasteiger partial charge >= 0.3 is 0 Å². The fourth-order valence-electron chi connectivity index (χ4n) is 1.36. The number of rotatable bonds is 3. The van der Waals surface area contributed by atoms with Gasteiger partial charge in [0.1, 0.15) is 24.4 Å². The van der Waals surface area contributed by atoms with E-state index in [4.69, 9.17) is 9.84 Å². The molecule has 82 valence electrons. The zero-order chi connectivity index (χ0) is 10.7. The summed E-state index contributed by atoms with van der Waals surface area (Å²) in [4.78, 5) is 10.1. The number of nitrogens with one attached hydrogen (secondary N) is 1. The van der Waals surface area contributed by atoms with Crippen LogP contribution in [-0.4, -0.2) is 64.1 Å². The Bertz CT molecular complexity index is 201. The minimum absolute atomic E-state index is 0.284. The Morgan fingerprint density at radius 3 is 2.43 bits per heavy atom. The maximum Gasteiger partial charge on any atom is 0.207 e. The van der Waals surface area contributed by atoms with Gasteiger partial charge in [-0.05, 0) is 0 Å². The number of hydrogen-bond acceptors (Lipinski definition) is 6. The van der Waals surface area contributed by atoms with Crippen LogP contribution in [0.4, 0.5) is 0 Å². The number of carbonyl (C=O) groups is 1. The van der Waals surface area contributed by atoms with Crippen molar-refractivity contribution in [2.24, 2.45) is 0 Å². The van der Waals surface area contributed by atoms with Crippen LogP contribution in [0.1, 0.15) is 0 Å². The number of carbonyl (C=O) groups excluding carboxylic acids is 1. The molecule has 0 unspecified atom stereocenters.